The Bertz CT molecular complexity index is 399. The van der Waals surface area contributed by atoms with E-state index in [0.29, 0.717) is 5.75 Å². The summed E-state index contributed by atoms with van der Waals surface area (Å²) in [4.78, 5) is 17.0. The molecule has 0 heterocycles. The number of carbonyl (C=O) groups excluding carboxylic acids is 1. The predicted octanol–water partition coefficient (Wildman–Crippen LogP) is 3.22. The molecule has 1 amide bonds. The molecule has 4 heteroatoms. The molecule has 0 atom stereocenters. The minimum absolute atomic E-state index is 0.0380. The van der Waals surface area contributed by atoms with Gasteiger partial charge in [0.15, 0.2) is 0 Å². The molecule has 0 aromatic heterocycles. The first-order chi connectivity index (χ1) is 9.24. The first-order valence-corrected chi connectivity index (χ1v) is 7.97. The van der Waals surface area contributed by atoms with Crippen molar-refractivity contribution in [3.05, 3.63) is 35.4 Å². The van der Waals surface area contributed by atoms with Gasteiger partial charge < -0.3 is 0 Å². The van der Waals surface area contributed by atoms with E-state index >= 15 is 0 Å². The molecule has 0 saturated heterocycles. The Morgan fingerprint density at radius 2 is 2.00 bits per heavy atom. The van der Waals surface area contributed by atoms with Crippen molar-refractivity contribution >= 4 is 17.7 Å². The van der Waals surface area contributed by atoms with Crippen molar-refractivity contribution < 1.29 is 9.63 Å². The van der Waals surface area contributed by atoms with Crippen LogP contribution in [-0.4, -0.2) is 17.8 Å². The van der Waals surface area contributed by atoms with Crippen LogP contribution >= 0.6 is 11.8 Å². The molecule has 19 heavy (non-hydrogen) atoms. The van der Waals surface area contributed by atoms with E-state index in [1.807, 2.05) is 0 Å². The first-order valence-electron chi connectivity index (χ1n) is 6.82. The Morgan fingerprint density at radius 1 is 1.32 bits per heavy atom. The molecular formula is C15H21NO2S. The third-order valence-corrected chi connectivity index (χ3v) is 4.27. The Balaban J connectivity index is 1.59. The molecule has 1 aromatic carbocycles. The number of aryl methyl sites for hydroxylation is 1. The summed E-state index contributed by atoms with van der Waals surface area (Å²) in [7, 11) is 0. The van der Waals surface area contributed by atoms with E-state index in [-0.39, 0.29) is 12.0 Å². The second kappa shape index (κ2) is 7.56. The van der Waals surface area contributed by atoms with Crippen LogP contribution in [0, 0.1) is 6.92 Å². The van der Waals surface area contributed by atoms with Gasteiger partial charge in [0, 0.05) is 5.75 Å². The van der Waals surface area contributed by atoms with E-state index in [4.69, 9.17) is 4.84 Å². The SMILES string of the molecule is Cc1ccc(CSCC(=O)NOC2CCCC2)cc1. The lowest BCUT2D eigenvalue weighted by Gasteiger charge is -2.11. The van der Waals surface area contributed by atoms with Gasteiger partial charge >= 0.3 is 0 Å². The Morgan fingerprint density at radius 3 is 2.68 bits per heavy atom. The van der Waals surface area contributed by atoms with E-state index in [1.54, 1.807) is 11.8 Å². The standard InChI is InChI=1S/C15H21NO2S/c1-12-6-8-13(9-7-12)10-19-11-15(17)16-18-14-4-2-3-5-14/h6-9,14H,2-5,10-11H2,1H3,(H,16,17). The van der Waals surface area contributed by atoms with Crippen LogP contribution in [0.25, 0.3) is 0 Å². The van der Waals surface area contributed by atoms with Crippen LogP contribution in [0.2, 0.25) is 0 Å². The van der Waals surface area contributed by atoms with Crippen LogP contribution in [0.1, 0.15) is 36.8 Å². The van der Waals surface area contributed by atoms with Gasteiger partial charge in [0.1, 0.15) is 0 Å². The van der Waals surface area contributed by atoms with Crippen molar-refractivity contribution in [1.29, 1.82) is 0 Å². The summed E-state index contributed by atoms with van der Waals surface area (Å²) in [5, 5.41) is 0. The molecule has 0 radical (unpaired) electrons. The minimum atomic E-state index is -0.0380. The fraction of sp³-hybridized carbons (Fsp3) is 0.533. The van der Waals surface area contributed by atoms with Gasteiger partial charge in [-0.1, -0.05) is 42.7 Å². The zero-order chi connectivity index (χ0) is 13.5. The molecule has 1 aromatic rings. The van der Waals surface area contributed by atoms with Crippen molar-refractivity contribution in [3.63, 3.8) is 0 Å². The number of hydrogen-bond donors (Lipinski definition) is 1. The highest BCUT2D eigenvalue weighted by Crippen LogP contribution is 2.20. The quantitative estimate of drug-likeness (QED) is 0.813. The van der Waals surface area contributed by atoms with Crippen molar-refractivity contribution in [2.45, 2.75) is 44.5 Å². The lowest BCUT2D eigenvalue weighted by molar-refractivity contribution is -0.135. The summed E-state index contributed by atoms with van der Waals surface area (Å²) >= 11 is 1.61. The van der Waals surface area contributed by atoms with Crippen LogP contribution in [0.15, 0.2) is 24.3 Å². The van der Waals surface area contributed by atoms with Crippen molar-refractivity contribution in [3.8, 4) is 0 Å². The van der Waals surface area contributed by atoms with Gasteiger partial charge in [-0.2, -0.15) is 0 Å². The summed E-state index contributed by atoms with van der Waals surface area (Å²) in [6.07, 6.45) is 4.78. The normalized spacial score (nSPS) is 15.6. The Hall–Kier alpha value is -1.00. The monoisotopic (exact) mass is 279 g/mol. The number of thioether (sulfide) groups is 1. The highest BCUT2D eigenvalue weighted by atomic mass is 32.2. The summed E-state index contributed by atoms with van der Waals surface area (Å²) in [6, 6.07) is 8.41. The van der Waals surface area contributed by atoms with Crippen LogP contribution in [0.4, 0.5) is 0 Å². The fourth-order valence-corrected chi connectivity index (χ4v) is 2.91. The minimum Gasteiger partial charge on any atom is -0.272 e. The topological polar surface area (TPSA) is 38.3 Å². The molecular weight excluding hydrogens is 258 g/mol. The number of hydroxylamine groups is 1. The lowest BCUT2D eigenvalue weighted by Crippen LogP contribution is -2.29. The number of hydrogen-bond acceptors (Lipinski definition) is 3. The molecule has 3 nitrogen and oxygen atoms in total. The average molecular weight is 279 g/mol. The average Bonchev–Trinajstić information content (AvgIpc) is 2.92. The molecule has 1 aliphatic rings. The van der Waals surface area contributed by atoms with E-state index in [2.05, 4.69) is 36.7 Å². The van der Waals surface area contributed by atoms with Gasteiger partial charge in [-0.15, -0.1) is 11.8 Å². The Labute approximate surface area is 119 Å². The highest BCUT2D eigenvalue weighted by molar-refractivity contribution is 7.99. The number of nitrogens with one attached hydrogen (secondary N) is 1. The van der Waals surface area contributed by atoms with Crippen molar-refractivity contribution in [1.82, 2.24) is 5.48 Å². The molecule has 2 rings (SSSR count). The number of rotatable bonds is 6. The van der Waals surface area contributed by atoms with Crippen molar-refractivity contribution in [2.24, 2.45) is 0 Å². The van der Waals surface area contributed by atoms with Crippen LogP contribution in [0.3, 0.4) is 0 Å². The van der Waals surface area contributed by atoms with Gasteiger partial charge in [-0.05, 0) is 25.3 Å². The highest BCUT2D eigenvalue weighted by Gasteiger charge is 2.16. The maximum Gasteiger partial charge on any atom is 0.253 e. The molecule has 0 aliphatic heterocycles. The summed E-state index contributed by atoms with van der Waals surface area (Å²) in [5.74, 6) is 1.27. The maximum absolute atomic E-state index is 11.6. The third kappa shape index (κ3) is 5.25. The number of amides is 1. The van der Waals surface area contributed by atoms with E-state index < -0.39 is 0 Å². The molecule has 0 unspecified atom stereocenters. The van der Waals surface area contributed by atoms with Crippen LogP contribution < -0.4 is 5.48 Å². The van der Waals surface area contributed by atoms with E-state index in [1.165, 1.54) is 24.0 Å². The fourth-order valence-electron chi connectivity index (χ4n) is 2.13. The molecule has 0 spiro atoms. The van der Waals surface area contributed by atoms with Gasteiger partial charge in [0.25, 0.3) is 5.91 Å². The molecule has 1 N–H and O–H groups in total. The first kappa shape index (κ1) is 14.4. The number of benzene rings is 1. The van der Waals surface area contributed by atoms with Gasteiger partial charge in [0.05, 0.1) is 11.9 Å². The summed E-state index contributed by atoms with van der Waals surface area (Å²) < 4.78 is 0. The number of carbonyl (C=O) groups is 1. The zero-order valence-electron chi connectivity index (χ0n) is 11.4. The zero-order valence-corrected chi connectivity index (χ0v) is 12.2. The third-order valence-electron chi connectivity index (χ3n) is 3.26. The predicted molar refractivity (Wildman–Crippen MR) is 78.8 cm³/mol. The van der Waals surface area contributed by atoms with Crippen LogP contribution in [0.5, 0.6) is 0 Å². The maximum atomic E-state index is 11.6. The van der Waals surface area contributed by atoms with Crippen LogP contribution in [-0.2, 0) is 15.4 Å². The van der Waals surface area contributed by atoms with Crippen molar-refractivity contribution in [2.75, 3.05) is 5.75 Å². The second-order valence-electron chi connectivity index (χ2n) is 5.03. The molecule has 1 saturated carbocycles. The molecule has 1 aliphatic carbocycles. The second-order valence-corrected chi connectivity index (χ2v) is 6.01. The van der Waals surface area contributed by atoms with Gasteiger partial charge in [0.2, 0.25) is 0 Å². The van der Waals surface area contributed by atoms with Gasteiger partial charge in [-0.3, -0.25) is 9.63 Å². The van der Waals surface area contributed by atoms with E-state index in [9.17, 15) is 4.79 Å². The van der Waals surface area contributed by atoms with Gasteiger partial charge in [-0.25, -0.2) is 5.48 Å². The summed E-state index contributed by atoms with van der Waals surface area (Å²) in [6.45, 7) is 2.07. The Kier molecular flexibility index (Phi) is 5.73. The molecule has 1 fully saturated rings. The largest absolute Gasteiger partial charge is 0.272 e. The van der Waals surface area contributed by atoms with E-state index in [0.717, 1.165) is 18.6 Å². The summed E-state index contributed by atoms with van der Waals surface area (Å²) in [5.41, 5.74) is 5.07. The molecule has 104 valence electrons. The smallest absolute Gasteiger partial charge is 0.253 e. The molecule has 0 bridgehead atoms. The lowest BCUT2D eigenvalue weighted by atomic mass is 10.2.